The van der Waals surface area contributed by atoms with Gasteiger partial charge in [0.15, 0.2) is 0 Å². The van der Waals surface area contributed by atoms with Gasteiger partial charge >= 0.3 is 0 Å². The molecule has 0 atom stereocenters. The Bertz CT molecular complexity index is 1000. The van der Waals surface area contributed by atoms with Crippen molar-refractivity contribution >= 4 is 17.1 Å². The molecular formula is C29H42N4O3. The number of ether oxygens (including phenoxy) is 1. The molecule has 0 unspecified atom stereocenters. The molecule has 1 saturated carbocycles. The van der Waals surface area contributed by atoms with Crippen molar-refractivity contribution in [2.24, 2.45) is 0 Å². The number of benzene rings is 2. The minimum atomic E-state index is -0.326. The van der Waals surface area contributed by atoms with Crippen LogP contribution in [0.15, 0.2) is 42.5 Å². The molecule has 1 aliphatic carbocycles. The molecule has 0 spiro atoms. The Kier molecular flexibility index (Phi) is 8.52. The van der Waals surface area contributed by atoms with Crippen LogP contribution in [0, 0.1) is 17.0 Å². The molecule has 36 heavy (non-hydrogen) atoms. The van der Waals surface area contributed by atoms with Gasteiger partial charge in [0.05, 0.1) is 17.6 Å². The first-order valence-electron chi connectivity index (χ1n) is 13.4. The largest absolute Gasteiger partial charge is 0.382 e. The van der Waals surface area contributed by atoms with Crippen LogP contribution in [0.4, 0.5) is 17.1 Å². The molecule has 1 N–H and O–H groups in total. The highest BCUT2D eigenvalue weighted by atomic mass is 16.6. The molecule has 2 aromatic rings. The molecule has 0 aromatic heterocycles. The van der Waals surface area contributed by atoms with Crippen LogP contribution < -0.4 is 10.2 Å². The van der Waals surface area contributed by atoms with Gasteiger partial charge in [-0.1, -0.05) is 32.9 Å². The quantitative estimate of drug-likeness (QED) is 0.371. The molecule has 1 heterocycles. The van der Waals surface area contributed by atoms with E-state index in [1.807, 2.05) is 12.1 Å². The zero-order valence-corrected chi connectivity index (χ0v) is 22.3. The lowest BCUT2D eigenvalue weighted by molar-refractivity contribution is -0.385. The number of piperazine rings is 1. The molecule has 2 aliphatic rings. The van der Waals surface area contributed by atoms with E-state index in [2.05, 4.69) is 60.2 Å². The summed E-state index contributed by atoms with van der Waals surface area (Å²) in [4.78, 5) is 15.7. The number of hydrogen-bond acceptors (Lipinski definition) is 6. The van der Waals surface area contributed by atoms with Crippen LogP contribution in [0.1, 0.15) is 57.6 Å². The van der Waals surface area contributed by atoms with Crippen molar-refractivity contribution in [3.05, 3.63) is 63.7 Å². The predicted molar refractivity (Wildman–Crippen MR) is 147 cm³/mol. The Morgan fingerprint density at radius 2 is 1.67 bits per heavy atom. The molecule has 1 saturated heterocycles. The average Bonchev–Trinajstić information content (AvgIpc) is 2.85. The molecule has 4 rings (SSSR count). The van der Waals surface area contributed by atoms with Crippen LogP contribution in [0.5, 0.6) is 0 Å². The standard InChI is InChI=1S/C29H42N4O3/c1-22-21-25(9-14-28(22)33(34)35)30-24-7-12-27(13-8-24)36-20-19-31-15-17-32(18-16-31)26-10-5-23(6-11-26)29(2,3)4/h5-6,9-11,14,21,24,27,30H,7-8,12-13,15-20H2,1-4H3. The number of rotatable bonds is 8. The Hall–Kier alpha value is -2.64. The van der Waals surface area contributed by atoms with Gasteiger partial charge in [-0.15, -0.1) is 0 Å². The summed E-state index contributed by atoms with van der Waals surface area (Å²) >= 11 is 0. The molecular weight excluding hydrogens is 452 g/mol. The van der Waals surface area contributed by atoms with E-state index >= 15 is 0 Å². The molecule has 0 bridgehead atoms. The number of anilines is 2. The summed E-state index contributed by atoms with van der Waals surface area (Å²) in [7, 11) is 0. The topological polar surface area (TPSA) is 70.9 Å². The van der Waals surface area contributed by atoms with Gasteiger partial charge in [-0.25, -0.2) is 0 Å². The zero-order valence-electron chi connectivity index (χ0n) is 22.3. The first-order valence-corrected chi connectivity index (χ1v) is 13.4. The summed E-state index contributed by atoms with van der Waals surface area (Å²) in [5, 5.41) is 14.6. The minimum absolute atomic E-state index is 0.175. The maximum absolute atomic E-state index is 11.0. The summed E-state index contributed by atoms with van der Waals surface area (Å²) in [6.45, 7) is 14.6. The van der Waals surface area contributed by atoms with Gasteiger partial charge in [0, 0.05) is 61.8 Å². The monoisotopic (exact) mass is 494 g/mol. The van der Waals surface area contributed by atoms with E-state index in [4.69, 9.17) is 4.74 Å². The second-order valence-electron chi connectivity index (χ2n) is 11.4. The van der Waals surface area contributed by atoms with Crippen LogP contribution in [0.2, 0.25) is 0 Å². The van der Waals surface area contributed by atoms with E-state index in [0.717, 1.165) is 70.7 Å². The Morgan fingerprint density at radius 1 is 1.00 bits per heavy atom. The van der Waals surface area contributed by atoms with Gasteiger partial charge in [-0.3, -0.25) is 15.0 Å². The molecule has 0 amide bonds. The van der Waals surface area contributed by atoms with Crippen LogP contribution in [0.25, 0.3) is 0 Å². The third-order valence-corrected chi connectivity index (χ3v) is 7.67. The van der Waals surface area contributed by atoms with E-state index in [1.54, 1.807) is 13.0 Å². The van der Waals surface area contributed by atoms with Crippen LogP contribution in [-0.2, 0) is 10.2 Å². The molecule has 2 aromatic carbocycles. The van der Waals surface area contributed by atoms with Gasteiger partial charge in [0.1, 0.15) is 0 Å². The lowest BCUT2D eigenvalue weighted by Crippen LogP contribution is -2.47. The van der Waals surface area contributed by atoms with Gasteiger partial charge in [-0.05, 0) is 67.9 Å². The fourth-order valence-electron chi connectivity index (χ4n) is 5.31. The number of nitrogens with zero attached hydrogens (tertiary/aromatic N) is 3. The van der Waals surface area contributed by atoms with Gasteiger partial charge in [-0.2, -0.15) is 0 Å². The third kappa shape index (κ3) is 6.98. The second-order valence-corrected chi connectivity index (χ2v) is 11.4. The van der Waals surface area contributed by atoms with Crippen molar-refractivity contribution in [3.8, 4) is 0 Å². The summed E-state index contributed by atoms with van der Waals surface area (Å²) < 4.78 is 6.24. The van der Waals surface area contributed by atoms with Crippen molar-refractivity contribution in [1.82, 2.24) is 4.90 Å². The molecule has 7 nitrogen and oxygen atoms in total. The van der Waals surface area contributed by atoms with Crippen LogP contribution in [-0.4, -0.2) is 61.3 Å². The summed E-state index contributed by atoms with van der Waals surface area (Å²) in [5.41, 5.74) is 4.74. The van der Waals surface area contributed by atoms with Crippen LogP contribution >= 0.6 is 0 Å². The molecule has 2 fully saturated rings. The minimum Gasteiger partial charge on any atom is -0.382 e. The SMILES string of the molecule is Cc1cc(NC2CCC(OCCN3CCN(c4ccc(C(C)(C)C)cc4)CC3)CC2)ccc1[N+](=O)[O-]. The Morgan fingerprint density at radius 3 is 2.25 bits per heavy atom. The first kappa shape index (κ1) is 26.4. The van der Waals surface area contributed by atoms with Gasteiger partial charge < -0.3 is 15.0 Å². The number of nitro groups is 1. The fourth-order valence-corrected chi connectivity index (χ4v) is 5.31. The first-order chi connectivity index (χ1) is 17.2. The average molecular weight is 495 g/mol. The van der Waals surface area contributed by atoms with Crippen molar-refractivity contribution in [1.29, 1.82) is 0 Å². The Labute approximate surface area is 216 Å². The number of aryl methyl sites for hydroxylation is 1. The molecule has 0 radical (unpaired) electrons. The normalized spacial score (nSPS) is 21.4. The molecule has 7 heteroatoms. The van der Waals surface area contributed by atoms with Gasteiger partial charge in [0.2, 0.25) is 0 Å². The lowest BCUT2D eigenvalue weighted by Gasteiger charge is -2.36. The van der Waals surface area contributed by atoms with E-state index in [9.17, 15) is 10.1 Å². The van der Waals surface area contributed by atoms with Crippen LogP contribution in [0.3, 0.4) is 0 Å². The highest BCUT2D eigenvalue weighted by Gasteiger charge is 2.23. The zero-order chi connectivity index (χ0) is 25.7. The number of hydrogen-bond donors (Lipinski definition) is 1. The number of nitro benzene ring substituents is 1. The maximum atomic E-state index is 11.0. The summed E-state index contributed by atoms with van der Waals surface area (Å²) in [6.07, 6.45) is 4.58. The van der Waals surface area contributed by atoms with Crippen molar-refractivity contribution < 1.29 is 9.66 Å². The van der Waals surface area contributed by atoms with Gasteiger partial charge in [0.25, 0.3) is 5.69 Å². The van der Waals surface area contributed by atoms with E-state index in [1.165, 1.54) is 11.3 Å². The van der Waals surface area contributed by atoms with Crippen molar-refractivity contribution in [3.63, 3.8) is 0 Å². The highest BCUT2D eigenvalue weighted by Crippen LogP contribution is 2.28. The smallest absolute Gasteiger partial charge is 0.272 e. The van der Waals surface area contributed by atoms with E-state index in [-0.39, 0.29) is 16.0 Å². The molecule has 196 valence electrons. The molecule has 1 aliphatic heterocycles. The lowest BCUT2D eigenvalue weighted by atomic mass is 9.87. The maximum Gasteiger partial charge on any atom is 0.272 e. The van der Waals surface area contributed by atoms with E-state index in [0.29, 0.717) is 17.7 Å². The highest BCUT2D eigenvalue weighted by molar-refractivity contribution is 5.54. The fraction of sp³-hybridized carbons (Fsp3) is 0.586. The third-order valence-electron chi connectivity index (χ3n) is 7.67. The number of nitrogens with one attached hydrogen (secondary N) is 1. The van der Waals surface area contributed by atoms with E-state index < -0.39 is 0 Å². The predicted octanol–water partition coefficient (Wildman–Crippen LogP) is 5.76. The summed E-state index contributed by atoms with van der Waals surface area (Å²) in [5.74, 6) is 0. The van der Waals surface area contributed by atoms with Crippen molar-refractivity contribution in [2.75, 3.05) is 49.5 Å². The Balaban J connectivity index is 1.12. The summed E-state index contributed by atoms with van der Waals surface area (Å²) in [6, 6.07) is 14.8. The second kappa shape index (κ2) is 11.6. The van der Waals surface area contributed by atoms with Crippen molar-refractivity contribution in [2.45, 2.75) is 70.9 Å².